The molecule has 0 amide bonds. The normalized spacial score (nSPS) is 12.1. The highest BCUT2D eigenvalue weighted by Gasteiger charge is 2.20. The van der Waals surface area contributed by atoms with Gasteiger partial charge in [0.05, 0.1) is 0 Å². The number of carbonyl (C=O) groups excluding carboxylic acids is 1. The zero-order valence-corrected chi connectivity index (χ0v) is 9.56. The van der Waals surface area contributed by atoms with Gasteiger partial charge in [0, 0.05) is 5.56 Å². The number of aryl methyl sites for hydroxylation is 1. The number of Topliss-reactive ketones (excluding diaryl/α,β-unsaturated/α-hetero) is 1. The summed E-state index contributed by atoms with van der Waals surface area (Å²) in [5.41, 5.74) is 1.86. The summed E-state index contributed by atoms with van der Waals surface area (Å²) in [4.78, 5) is 11.9. The fourth-order valence-corrected chi connectivity index (χ4v) is 1.64. The van der Waals surface area contributed by atoms with Crippen molar-refractivity contribution in [3.8, 4) is 0 Å². The summed E-state index contributed by atoms with van der Waals surface area (Å²) in [6.07, 6.45) is -1.58. The van der Waals surface area contributed by atoms with Crippen molar-refractivity contribution in [3.05, 3.63) is 71.3 Å². The van der Waals surface area contributed by atoms with Crippen LogP contribution in [-0.4, -0.2) is 5.78 Å². The molecule has 1 nitrogen and oxygen atoms in total. The van der Waals surface area contributed by atoms with Gasteiger partial charge in [0.1, 0.15) is 0 Å². The molecule has 2 aromatic rings. The smallest absolute Gasteiger partial charge is 0.201 e. The molecular formula is C15H13FO. The third-order valence-corrected chi connectivity index (χ3v) is 2.66. The lowest BCUT2D eigenvalue weighted by Crippen LogP contribution is -2.08. The van der Waals surface area contributed by atoms with Crippen molar-refractivity contribution >= 4 is 5.78 Å². The second-order valence-electron chi connectivity index (χ2n) is 4.00. The van der Waals surface area contributed by atoms with Crippen molar-refractivity contribution in [3.63, 3.8) is 0 Å². The van der Waals surface area contributed by atoms with E-state index < -0.39 is 12.0 Å². The van der Waals surface area contributed by atoms with Gasteiger partial charge in [-0.15, -0.1) is 0 Å². The van der Waals surface area contributed by atoms with Gasteiger partial charge >= 0.3 is 0 Å². The van der Waals surface area contributed by atoms with Crippen molar-refractivity contribution in [2.45, 2.75) is 13.1 Å². The van der Waals surface area contributed by atoms with Crippen LogP contribution in [0.25, 0.3) is 0 Å². The predicted octanol–water partition coefficient (Wildman–Crippen LogP) is 3.89. The van der Waals surface area contributed by atoms with Crippen LogP contribution in [0.2, 0.25) is 0 Å². The number of ketones is 1. The van der Waals surface area contributed by atoms with Crippen molar-refractivity contribution < 1.29 is 9.18 Å². The Labute approximate surface area is 99.9 Å². The van der Waals surface area contributed by atoms with Crippen LogP contribution < -0.4 is 0 Å². The van der Waals surface area contributed by atoms with Gasteiger partial charge in [-0.1, -0.05) is 60.2 Å². The fourth-order valence-electron chi connectivity index (χ4n) is 1.64. The van der Waals surface area contributed by atoms with Gasteiger partial charge in [0.15, 0.2) is 6.17 Å². The number of hydrogen-bond acceptors (Lipinski definition) is 1. The van der Waals surface area contributed by atoms with Gasteiger partial charge in [0.2, 0.25) is 5.78 Å². The number of benzene rings is 2. The molecule has 0 aliphatic rings. The Hall–Kier alpha value is -1.96. The quantitative estimate of drug-likeness (QED) is 0.728. The minimum absolute atomic E-state index is 0.401. The number of carbonyl (C=O) groups is 1. The molecular weight excluding hydrogens is 215 g/mol. The topological polar surface area (TPSA) is 17.1 Å². The molecule has 2 aromatic carbocycles. The Kier molecular flexibility index (Phi) is 3.33. The molecule has 0 fully saturated rings. The third kappa shape index (κ3) is 2.59. The molecule has 0 aliphatic carbocycles. The molecule has 0 saturated carbocycles. The molecule has 0 spiro atoms. The SMILES string of the molecule is Cc1ccc(C(=O)C(F)c2ccccc2)cc1. The first-order valence-corrected chi connectivity index (χ1v) is 5.48. The molecule has 0 bridgehead atoms. The molecule has 0 aromatic heterocycles. The first-order valence-electron chi connectivity index (χ1n) is 5.48. The average molecular weight is 228 g/mol. The maximum Gasteiger partial charge on any atom is 0.201 e. The average Bonchev–Trinajstić information content (AvgIpc) is 2.39. The largest absolute Gasteiger partial charge is 0.290 e. The van der Waals surface area contributed by atoms with Gasteiger partial charge in [0.25, 0.3) is 0 Å². The van der Waals surface area contributed by atoms with Gasteiger partial charge in [-0.25, -0.2) is 4.39 Å². The van der Waals surface area contributed by atoms with E-state index in [0.717, 1.165) is 5.56 Å². The Morgan fingerprint density at radius 3 is 2.18 bits per heavy atom. The molecule has 0 N–H and O–H groups in total. The second kappa shape index (κ2) is 4.91. The van der Waals surface area contributed by atoms with Gasteiger partial charge in [-0.05, 0) is 12.5 Å². The molecule has 2 heteroatoms. The van der Waals surface area contributed by atoms with Crippen LogP contribution >= 0.6 is 0 Å². The minimum atomic E-state index is -1.58. The zero-order chi connectivity index (χ0) is 12.3. The van der Waals surface area contributed by atoms with Crippen molar-refractivity contribution in [1.29, 1.82) is 0 Å². The van der Waals surface area contributed by atoms with Gasteiger partial charge in [-0.2, -0.15) is 0 Å². The van der Waals surface area contributed by atoms with Crippen molar-refractivity contribution in [2.75, 3.05) is 0 Å². The van der Waals surface area contributed by atoms with E-state index in [1.165, 1.54) is 0 Å². The van der Waals surface area contributed by atoms with Crippen LogP contribution in [0.1, 0.15) is 27.7 Å². The zero-order valence-electron chi connectivity index (χ0n) is 9.56. The minimum Gasteiger partial charge on any atom is -0.290 e. The molecule has 1 atom stereocenters. The second-order valence-corrected chi connectivity index (χ2v) is 4.00. The summed E-state index contributed by atoms with van der Waals surface area (Å²) in [5.74, 6) is -0.490. The summed E-state index contributed by atoms with van der Waals surface area (Å²) >= 11 is 0. The summed E-state index contributed by atoms with van der Waals surface area (Å²) in [6.45, 7) is 1.93. The maximum absolute atomic E-state index is 14.0. The van der Waals surface area contributed by atoms with E-state index in [4.69, 9.17) is 0 Å². The van der Waals surface area contributed by atoms with Crippen LogP contribution in [0, 0.1) is 6.92 Å². The molecule has 0 saturated heterocycles. The Morgan fingerprint density at radius 2 is 1.59 bits per heavy atom. The first kappa shape index (κ1) is 11.5. The summed E-state index contributed by atoms with van der Waals surface area (Å²) in [6, 6.07) is 15.4. The monoisotopic (exact) mass is 228 g/mol. The number of rotatable bonds is 3. The van der Waals surface area contributed by atoms with Gasteiger partial charge in [-0.3, -0.25) is 4.79 Å². The number of halogens is 1. The molecule has 86 valence electrons. The van der Waals surface area contributed by atoms with E-state index in [1.807, 2.05) is 19.1 Å². The highest BCUT2D eigenvalue weighted by atomic mass is 19.1. The van der Waals surface area contributed by atoms with E-state index in [0.29, 0.717) is 11.1 Å². The molecule has 17 heavy (non-hydrogen) atoms. The van der Waals surface area contributed by atoms with Crippen LogP contribution in [0.5, 0.6) is 0 Å². The number of hydrogen-bond donors (Lipinski definition) is 0. The fraction of sp³-hybridized carbons (Fsp3) is 0.133. The van der Waals surface area contributed by atoms with E-state index in [9.17, 15) is 9.18 Å². The molecule has 0 heterocycles. The van der Waals surface area contributed by atoms with Crippen molar-refractivity contribution in [1.82, 2.24) is 0 Å². The van der Waals surface area contributed by atoms with E-state index >= 15 is 0 Å². The van der Waals surface area contributed by atoms with Crippen LogP contribution in [0.4, 0.5) is 4.39 Å². The molecule has 2 rings (SSSR count). The summed E-state index contributed by atoms with van der Waals surface area (Å²) in [7, 11) is 0. The van der Waals surface area contributed by atoms with Crippen molar-refractivity contribution in [2.24, 2.45) is 0 Å². The van der Waals surface area contributed by atoms with Crippen LogP contribution in [-0.2, 0) is 0 Å². The summed E-state index contributed by atoms with van der Waals surface area (Å²) in [5, 5.41) is 0. The highest BCUT2D eigenvalue weighted by Crippen LogP contribution is 2.22. The summed E-state index contributed by atoms with van der Waals surface area (Å²) < 4.78 is 14.0. The van der Waals surface area contributed by atoms with E-state index in [-0.39, 0.29) is 0 Å². The highest BCUT2D eigenvalue weighted by molar-refractivity contribution is 5.99. The Morgan fingerprint density at radius 1 is 1.00 bits per heavy atom. The third-order valence-electron chi connectivity index (χ3n) is 2.66. The lowest BCUT2D eigenvalue weighted by atomic mass is 10.0. The standard InChI is InChI=1S/C15H13FO/c1-11-7-9-13(10-8-11)15(17)14(16)12-5-3-2-4-6-12/h2-10,14H,1H3. The van der Waals surface area contributed by atoms with E-state index in [2.05, 4.69) is 0 Å². The van der Waals surface area contributed by atoms with Crippen LogP contribution in [0.15, 0.2) is 54.6 Å². The maximum atomic E-state index is 14.0. The molecule has 0 aliphatic heterocycles. The van der Waals surface area contributed by atoms with Crippen LogP contribution in [0.3, 0.4) is 0 Å². The Balaban J connectivity index is 2.23. The molecule has 0 radical (unpaired) electrons. The lowest BCUT2D eigenvalue weighted by molar-refractivity contribution is 0.0878. The first-order chi connectivity index (χ1) is 8.18. The Bertz CT molecular complexity index is 502. The number of alkyl halides is 1. The molecule has 1 unspecified atom stereocenters. The van der Waals surface area contributed by atoms with E-state index in [1.54, 1.807) is 42.5 Å². The lowest BCUT2D eigenvalue weighted by Gasteiger charge is -2.07. The predicted molar refractivity (Wildman–Crippen MR) is 65.8 cm³/mol. The van der Waals surface area contributed by atoms with Gasteiger partial charge < -0.3 is 0 Å².